The quantitative estimate of drug-likeness (QED) is 0.226. The molecule has 3 rings (SSSR count). The van der Waals surface area contributed by atoms with E-state index in [-0.39, 0.29) is 5.75 Å². The third-order valence-electron chi connectivity index (χ3n) is 4.22. The molecule has 0 aromatic heterocycles. The van der Waals surface area contributed by atoms with E-state index in [0.29, 0.717) is 0 Å². The zero-order valence-corrected chi connectivity index (χ0v) is 17.6. The number of hydrogen-bond donors (Lipinski definition) is 0. The Morgan fingerprint density at radius 1 is 0.697 bits per heavy atom. The number of hydrogen-bond acceptors (Lipinski definition) is 3. The molecule has 174 valence electrons. The highest BCUT2D eigenvalue weighted by Crippen LogP contribution is 2.36. The third kappa shape index (κ3) is 6.67. The minimum atomic E-state index is -5.78. The van der Waals surface area contributed by atoms with Gasteiger partial charge in [-0.25, -0.2) is 4.79 Å². The van der Waals surface area contributed by atoms with Crippen LogP contribution in [0.25, 0.3) is 0 Å². The van der Waals surface area contributed by atoms with Crippen LogP contribution < -0.4 is 4.74 Å². The summed E-state index contributed by atoms with van der Waals surface area (Å²) >= 11 is 0. The van der Waals surface area contributed by atoms with E-state index in [9.17, 15) is 31.1 Å². The summed E-state index contributed by atoms with van der Waals surface area (Å²) in [6, 6.07) is 25.8. The Hall–Kier alpha value is -3.14. The standard InChI is InChI=1S/C23H17F6O3S/c24-22(25,26)21(23(27,28)29)32-20(30)15-31-16-11-13-19(14-12-16)33(17-7-3-1-4-8-17)18-9-5-2-6-10-18/h1-14,21H,15H2/q+1. The van der Waals surface area contributed by atoms with Gasteiger partial charge in [0.25, 0.3) is 6.10 Å². The largest absolute Gasteiger partial charge is 0.482 e. The molecule has 33 heavy (non-hydrogen) atoms. The Balaban J connectivity index is 1.71. The Morgan fingerprint density at radius 3 is 1.55 bits per heavy atom. The number of halogens is 6. The summed E-state index contributed by atoms with van der Waals surface area (Å²) in [5, 5.41) is 0. The summed E-state index contributed by atoms with van der Waals surface area (Å²) < 4.78 is 83.6. The lowest BCUT2D eigenvalue weighted by molar-refractivity contribution is -0.313. The maximum absolute atomic E-state index is 12.5. The predicted octanol–water partition coefficient (Wildman–Crippen LogP) is 6.20. The van der Waals surface area contributed by atoms with Crippen molar-refractivity contribution in [1.29, 1.82) is 0 Å². The van der Waals surface area contributed by atoms with Crippen LogP contribution >= 0.6 is 0 Å². The molecule has 0 saturated heterocycles. The van der Waals surface area contributed by atoms with Gasteiger partial charge >= 0.3 is 18.3 Å². The molecular formula is C23H17F6O3S+. The maximum atomic E-state index is 12.5. The highest BCUT2D eigenvalue weighted by atomic mass is 32.2. The van der Waals surface area contributed by atoms with Crippen molar-refractivity contribution in [2.24, 2.45) is 0 Å². The van der Waals surface area contributed by atoms with Gasteiger partial charge in [0.15, 0.2) is 21.3 Å². The van der Waals surface area contributed by atoms with Gasteiger partial charge < -0.3 is 9.47 Å². The first-order valence-corrected chi connectivity index (χ1v) is 10.7. The SMILES string of the molecule is O=C(COc1ccc([S+](c2ccccc2)c2ccccc2)cc1)OC(C(F)(F)F)C(F)(F)F. The lowest BCUT2D eigenvalue weighted by Gasteiger charge is -2.22. The van der Waals surface area contributed by atoms with Crippen LogP contribution in [-0.4, -0.2) is 31.0 Å². The molecule has 0 amide bonds. The van der Waals surface area contributed by atoms with Crippen molar-refractivity contribution in [2.75, 3.05) is 6.61 Å². The Labute approximate surface area is 188 Å². The van der Waals surface area contributed by atoms with Crippen LogP contribution in [0.5, 0.6) is 5.75 Å². The normalized spacial score (nSPS) is 12.1. The molecule has 0 radical (unpaired) electrons. The van der Waals surface area contributed by atoms with Crippen molar-refractivity contribution in [3.05, 3.63) is 84.9 Å². The van der Waals surface area contributed by atoms with Gasteiger partial charge in [-0.05, 0) is 48.5 Å². The van der Waals surface area contributed by atoms with E-state index in [2.05, 4.69) is 4.74 Å². The van der Waals surface area contributed by atoms with Crippen molar-refractivity contribution < 1.29 is 40.6 Å². The molecule has 0 bridgehead atoms. The number of alkyl halides is 6. The maximum Gasteiger partial charge on any atom is 0.434 e. The first-order chi connectivity index (χ1) is 15.6. The van der Waals surface area contributed by atoms with Crippen LogP contribution in [0.1, 0.15) is 0 Å². The van der Waals surface area contributed by atoms with E-state index < -0.39 is 41.9 Å². The molecule has 0 heterocycles. The van der Waals surface area contributed by atoms with Gasteiger partial charge in [-0.3, -0.25) is 0 Å². The molecule has 0 aliphatic carbocycles. The van der Waals surface area contributed by atoms with Gasteiger partial charge in [-0.15, -0.1) is 0 Å². The van der Waals surface area contributed by atoms with Crippen molar-refractivity contribution in [1.82, 2.24) is 0 Å². The fourth-order valence-electron chi connectivity index (χ4n) is 2.82. The number of rotatable bonds is 7. The van der Waals surface area contributed by atoms with Crippen molar-refractivity contribution in [3.63, 3.8) is 0 Å². The van der Waals surface area contributed by atoms with Gasteiger partial charge in [-0.1, -0.05) is 36.4 Å². The Bertz CT molecular complexity index is 984. The van der Waals surface area contributed by atoms with E-state index in [4.69, 9.17) is 4.74 Å². The summed E-state index contributed by atoms with van der Waals surface area (Å²) in [6.07, 6.45) is -15.8. The predicted molar refractivity (Wildman–Crippen MR) is 109 cm³/mol. The van der Waals surface area contributed by atoms with Gasteiger partial charge in [0.2, 0.25) is 0 Å². The van der Waals surface area contributed by atoms with Crippen LogP contribution in [0.2, 0.25) is 0 Å². The fourth-order valence-corrected chi connectivity index (χ4v) is 4.90. The molecule has 3 aromatic carbocycles. The number of ether oxygens (including phenoxy) is 2. The average Bonchev–Trinajstić information content (AvgIpc) is 2.77. The average molecular weight is 487 g/mol. The zero-order chi connectivity index (χ0) is 24.1. The van der Waals surface area contributed by atoms with Gasteiger partial charge in [0.05, 0.1) is 10.9 Å². The van der Waals surface area contributed by atoms with Crippen LogP contribution in [0.3, 0.4) is 0 Å². The molecule has 0 spiro atoms. The number of carbonyl (C=O) groups excluding carboxylic acids is 1. The molecule has 3 nitrogen and oxygen atoms in total. The minimum absolute atomic E-state index is 0.0935. The number of carbonyl (C=O) groups is 1. The second-order valence-corrected chi connectivity index (χ2v) is 8.67. The van der Waals surface area contributed by atoms with E-state index in [1.807, 2.05) is 60.7 Å². The smallest absolute Gasteiger partial charge is 0.434 e. The van der Waals surface area contributed by atoms with Gasteiger partial charge in [0, 0.05) is 0 Å². The summed E-state index contributed by atoms with van der Waals surface area (Å²) in [7, 11) is -0.461. The summed E-state index contributed by atoms with van der Waals surface area (Å²) in [4.78, 5) is 14.5. The fraction of sp³-hybridized carbons (Fsp3) is 0.174. The first-order valence-electron chi connectivity index (χ1n) is 9.46. The van der Waals surface area contributed by atoms with E-state index in [1.165, 1.54) is 12.1 Å². The Morgan fingerprint density at radius 2 is 1.12 bits per heavy atom. The van der Waals surface area contributed by atoms with Crippen LogP contribution in [0.15, 0.2) is 99.6 Å². The van der Waals surface area contributed by atoms with E-state index in [1.54, 1.807) is 12.1 Å². The van der Waals surface area contributed by atoms with Crippen LogP contribution in [-0.2, 0) is 20.4 Å². The minimum Gasteiger partial charge on any atom is -0.482 e. The van der Waals surface area contributed by atoms with E-state index >= 15 is 0 Å². The summed E-state index contributed by atoms with van der Waals surface area (Å²) in [6.45, 7) is -1.11. The molecule has 0 aliphatic rings. The van der Waals surface area contributed by atoms with Gasteiger partial charge in [0.1, 0.15) is 5.75 Å². The monoisotopic (exact) mass is 487 g/mol. The highest BCUT2D eigenvalue weighted by molar-refractivity contribution is 7.97. The second kappa shape index (κ2) is 10.2. The molecule has 0 N–H and O–H groups in total. The molecule has 0 fully saturated rings. The number of esters is 1. The topological polar surface area (TPSA) is 35.5 Å². The lowest BCUT2D eigenvalue weighted by Crippen LogP contribution is -2.46. The van der Waals surface area contributed by atoms with Crippen molar-refractivity contribution in [2.45, 2.75) is 33.1 Å². The molecule has 0 unspecified atom stereocenters. The zero-order valence-electron chi connectivity index (χ0n) is 16.8. The highest BCUT2D eigenvalue weighted by Gasteiger charge is 2.59. The molecule has 10 heteroatoms. The molecule has 0 saturated carbocycles. The lowest BCUT2D eigenvalue weighted by atomic mass is 10.3. The second-order valence-electron chi connectivity index (χ2n) is 6.65. The van der Waals surface area contributed by atoms with E-state index in [0.717, 1.165) is 14.7 Å². The Kier molecular flexibility index (Phi) is 7.57. The van der Waals surface area contributed by atoms with Crippen LogP contribution in [0, 0.1) is 0 Å². The molecule has 0 aliphatic heterocycles. The molecule has 3 aromatic rings. The molecule has 0 atom stereocenters. The number of benzene rings is 3. The summed E-state index contributed by atoms with van der Waals surface area (Å²) in [5.74, 6) is -1.69. The van der Waals surface area contributed by atoms with Gasteiger partial charge in [-0.2, -0.15) is 26.3 Å². The first kappa shape index (κ1) is 24.5. The van der Waals surface area contributed by atoms with Crippen molar-refractivity contribution >= 4 is 16.9 Å². The van der Waals surface area contributed by atoms with Crippen LogP contribution in [0.4, 0.5) is 26.3 Å². The van der Waals surface area contributed by atoms with Crippen molar-refractivity contribution in [3.8, 4) is 5.75 Å². The molecular weight excluding hydrogens is 470 g/mol. The summed E-state index contributed by atoms with van der Waals surface area (Å²) in [5.41, 5.74) is 0. The third-order valence-corrected chi connectivity index (χ3v) is 6.45.